The fourth-order valence-electron chi connectivity index (χ4n) is 1.74. The van der Waals surface area contributed by atoms with E-state index in [2.05, 4.69) is 0 Å². The lowest BCUT2D eigenvalue weighted by Gasteiger charge is -2.23. The summed E-state index contributed by atoms with van der Waals surface area (Å²) < 4.78 is 0. The van der Waals surface area contributed by atoms with Crippen molar-refractivity contribution in [3.8, 4) is 0 Å². The number of ketones is 1. The Hall–Kier alpha value is -0.900. The molecule has 2 aliphatic rings. The molecule has 2 fully saturated rings. The van der Waals surface area contributed by atoms with E-state index in [9.17, 15) is 9.59 Å². The van der Waals surface area contributed by atoms with Crippen LogP contribution in [0.2, 0.25) is 0 Å². The van der Waals surface area contributed by atoms with Gasteiger partial charge in [0.25, 0.3) is 0 Å². The van der Waals surface area contributed by atoms with Gasteiger partial charge in [0.1, 0.15) is 6.04 Å². The molecule has 1 radical (unpaired) electrons. The molecule has 13 heavy (non-hydrogen) atoms. The molecule has 0 aromatic carbocycles. The second kappa shape index (κ2) is 3.46. The van der Waals surface area contributed by atoms with E-state index < -0.39 is 0 Å². The minimum Gasteiger partial charge on any atom is -0.367 e. The van der Waals surface area contributed by atoms with Gasteiger partial charge in [-0.05, 0) is 19.3 Å². The maximum atomic E-state index is 11.5. The molecule has 0 bridgehead atoms. The smallest absolute Gasteiger partial charge is 0.325 e. The van der Waals surface area contributed by atoms with Gasteiger partial charge in [0.15, 0.2) is 5.78 Å². The van der Waals surface area contributed by atoms with Crippen molar-refractivity contribution < 1.29 is 14.4 Å². The predicted molar refractivity (Wildman–Crippen MR) is 44.1 cm³/mol. The normalized spacial score (nSPS) is 26.5. The molecule has 0 N–H and O–H groups in total. The van der Waals surface area contributed by atoms with Gasteiger partial charge in [-0.1, -0.05) is 0 Å². The minimum absolute atomic E-state index is 0.144. The Morgan fingerprint density at radius 3 is 2.77 bits per heavy atom. The van der Waals surface area contributed by atoms with Crippen molar-refractivity contribution in [2.45, 2.75) is 32.1 Å². The predicted octanol–water partition coefficient (Wildman–Crippen LogP) is 0.825. The topological polar surface area (TPSA) is 46.6 Å². The molecule has 71 valence electrons. The Balaban J connectivity index is 2.09. The largest absolute Gasteiger partial charge is 0.367 e. The Bertz CT molecular complexity index is 239. The Morgan fingerprint density at radius 1 is 1.08 bits per heavy atom. The number of Topliss-reactive ketones (excluding diaryl/α,β-unsaturated/α-hetero) is 1. The lowest BCUT2D eigenvalue weighted by Crippen LogP contribution is -2.33. The highest BCUT2D eigenvalue weighted by atomic mass is 16.7. The number of carbonyl (C=O) groups excluding carboxylic acids is 2. The van der Waals surface area contributed by atoms with Crippen molar-refractivity contribution in [3.05, 3.63) is 6.04 Å². The van der Waals surface area contributed by atoms with Gasteiger partial charge in [-0.15, -0.1) is 5.06 Å². The van der Waals surface area contributed by atoms with Gasteiger partial charge in [-0.25, -0.2) is 0 Å². The van der Waals surface area contributed by atoms with Crippen LogP contribution in [0.25, 0.3) is 0 Å². The highest BCUT2D eigenvalue weighted by Gasteiger charge is 2.35. The second-order valence-electron chi connectivity index (χ2n) is 3.39. The van der Waals surface area contributed by atoms with Crippen molar-refractivity contribution in [2.75, 3.05) is 6.54 Å². The van der Waals surface area contributed by atoms with Crippen LogP contribution in [-0.2, 0) is 14.4 Å². The van der Waals surface area contributed by atoms with Crippen LogP contribution < -0.4 is 0 Å². The highest BCUT2D eigenvalue weighted by Crippen LogP contribution is 2.28. The summed E-state index contributed by atoms with van der Waals surface area (Å²) >= 11 is 0. The molecule has 0 unspecified atom stereocenters. The van der Waals surface area contributed by atoms with Crippen LogP contribution in [0.5, 0.6) is 0 Å². The molecular weight excluding hydrogens is 170 g/mol. The molecule has 0 aromatic rings. The zero-order valence-electron chi connectivity index (χ0n) is 7.41. The first-order valence-electron chi connectivity index (χ1n) is 4.65. The van der Waals surface area contributed by atoms with Gasteiger partial charge < -0.3 is 4.84 Å². The third-order valence-corrected chi connectivity index (χ3v) is 2.39. The summed E-state index contributed by atoms with van der Waals surface area (Å²) in [6.45, 7) is 0.673. The number of fused-ring (bicyclic) bond motifs is 1. The van der Waals surface area contributed by atoms with E-state index in [-0.39, 0.29) is 11.8 Å². The van der Waals surface area contributed by atoms with E-state index in [0.717, 1.165) is 12.8 Å². The molecule has 2 saturated heterocycles. The van der Waals surface area contributed by atoms with E-state index >= 15 is 0 Å². The van der Waals surface area contributed by atoms with E-state index in [1.54, 1.807) is 0 Å². The molecule has 0 saturated carbocycles. The first kappa shape index (κ1) is 8.69. The molecule has 2 rings (SSSR count). The number of hydroxylamine groups is 2. The van der Waals surface area contributed by atoms with Gasteiger partial charge in [0.2, 0.25) is 0 Å². The molecule has 0 spiro atoms. The fraction of sp³-hybridized carbons (Fsp3) is 0.667. The van der Waals surface area contributed by atoms with Crippen LogP contribution in [0.15, 0.2) is 0 Å². The average molecular weight is 182 g/mol. The zero-order chi connectivity index (χ0) is 9.26. The molecule has 0 amide bonds. The van der Waals surface area contributed by atoms with Crippen molar-refractivity contribution >= 4 is 11.8 Å². The van der Waals surface area contributed by atoms with Crippen molar-refractivity contribution in [1.29, 1.82) is 0 Å². The summed E-state index contributed by atoms with van der Waals surface area (Å²) in [6, 6.07) is 0.688. The summed E-state index contributed by atoms with van der Waals surface area (Å²) in [5, 5.41) is 1.48. The third kappa shape index (κ3) is 1.72. The molecule has 2 aliphatic heterocycles. The maximum Gasteiger partial charge on any atom is 0.325 e. The number of hydrogen-bond acceptors (Lipinski definition) is 4. The van der Waals surface area contributed by atoms with Crippen LogP contribution in [0, 0.1) is 6.04 Å². The van der Waals surface area contributed by atoms with Crippen LogP contribution in [0.3, 0.4) is 0 Å². The first-order valence-corrected chi connectivity index (χ1v) is 4.65. The van der Waals surface area contributed by atoms with Crippen LogP contribution in [0.4, 0.5) is 0 Å². The molecule has 2 heterocycles. The minimum atomic E-state index is -0.216. The number of hydrogen-bond donors (Lipinski definition) is 0. The third-order valence-electron chi connectivity index (χ3n) is 2.39. The maximum absolute atomic E-state index is 11.5. The molecule has 4 heteroatoms. The van der Waals surface area contributed by atoms with Gasteiger partial charge in [0.05, 0.1) is 0 Å². The van der Waals surface area contributed by atoms with Gasteiger partial charge in [-0.2, -0.15) is 0 Å². The van der Waals surface area contributed by atoms with Gasteiger partial charge in [0, 0.05) is 19.4 Å². The zero-order valence-corrected chi connectivity index (χ0v) is 7.41. The molecular formula is C9H12NO3. The van der Waals surface area contributed by atoms with Crippen LogP contribution in [-0.4, -0.2) is 23.4 Å². The molecule has 0 aromatic heterocycles. The average Bonchev–Trinajstić information content (AvgIpc) is 2.49. The lowest BCUT2D eigenvalue weighted by molar-refractivity contribution is -0.186. The van der Waals surface area contributed by atoms with Crippen molar-refractivity contribution in [1.82, 2.24) is 5.06 Å². The Kier molecular flexibility index (Phi) is 2.31. The van der Waals surface area contributed by atoms with E-state index in [1.165, 1.54) is 5.06 Å². The van der Waals surface area contributed by atoms with E-state index in [1.807, 2.05) is 0 Å². The highest BCUT2D eigenvalue weighted by molar-refractivity contribution is 5.92. The second-order valence-corrected chi connectivity index (χ2v) is 3.39. The summed E-state index contributed by atoms with van der Waals surface area (Å²) in [4.78, 5) is 27.6. The molecule has 0 atom stereocenters. The number of nitrogens with zero attached hydrogens (tertiary/aromatic N) is 1. The van der Waals surface area contributed by atoms with Gasteiger partial charge >= 0.3 is 5.97 Å². The van der Waals surface area contributed by atoms with Crippen molar-refractivity contribution in [3.63, 3.8) is 0 Å². The summed E-state index contributed by atoms with van der Waals surface area (Å²) in [6.07, 6.45) is 3.13. The van der Waals surface area contributed by atoms with E-state index in [4.69, 9.17) is 4.84 Å². The van der Waals surface area contributed by atoms with Gasteiger partial charge in [-0.3, -0.25) is 9.59 Å². The number of carbonyl (C=O) groups is 2. The SMILES string of the molecule is O=C1CCCC(=O)[C]2CCCN2O1. The van der Waals surface area contributed by atoms with Crippen LogP contribution in [0.1, 0.15) is 32.1 Å². The lowest BCUT2D eigenvalue weighted by atomic mass is 10.0. The van der Waals surface area contributed by atoms with Crippen molar-refractivity contribution in [2.24, 2.45) is 0 Å². The molecule has 0 aliphatic carbocycles. The monoisotopic (exact) mass is 182 g/mol. The fourth-order valence-corrected chi connectivity index (χ4v) is 1.74. The number of rotatable bonds is 0. The summed E-state index contributed by atoms with van der Waals surface area (Å²) in [5.74, 6) is -0.0723. The first-order chi connectivity index (χ1) is 6.27. The Morgan fingerprint density at radius 2 is 1.92 bits per heavy atom. The standard InChI is InChI=1S/C9H12NO3/c11-8-4-1-5-9(12)13-10-6-2-3-7(8)10/h1-6H2. The summed E-state index contributed by atoms with van der Waals surface area (Å²) in [7, 11) is 0. The Labute approximate surface area is 76.8 Å². The summed E-state index contributed by atoms with van der Waals surface area (Å²) in [5.41, 5.74) is 0. The van der Waals surface area contributed by atoms with Crippen LogP contribution >= 0.6 is 0 Å². The molecule has 4 nitrogen and oxygen atoms in total. The quantitative estimate of drug-likeness (QED) is 0.556. The van der Waals surface area contributed by atoms with E-state index in [0.29, 0.717) is 31.8 Å².